The minimum atomic E-state index is -0.694. The fourth-order valence-electron chi connectivity index (χ4n) is 2.66. The second-order valence-corrected chi connectivity index (χ2v) is 7.03. The molecule has 0 atom stereocenters. The molecule has 0 unspecified atom stereocenters. The average Bonchev–Trinajstić information content (AvgIpc) is 2.94. The highest BCUT2D eigenvalue weighted by Crippen LogP contribution is 2.10. The van der Waals surface area contributed by atoms with Gasteiger partial charge in [-0.1, -0.05) is 0 Å². The van der Waals surface area contributed by atoms with Crippen LogP contribution in [0.2, 0.25) is 0 Å². The molecule has 0 N–H and O–H groups in total. The standard InChI is InChI=1S/C20H22F2N2O4S/c1-4-23(5-2)17(25)12-24-18(11-19(26)28-6-3)29-16(20(24)27)10-13-9-14(21)7-8-15(13)22/h7-11H,4-6,12H2,1-3H3/b16-10-,18-11-. The van der Waals surface area contributed by atoms with Gasteiger partial charge in [-0.15, -0.1) is 11.3 Å². The first-order chi connectivity index (χ1) is 13.8. The van der Waals surface area contributed by atoms with E-state index >= 15 is 0 Å². The van der Waals surface area contributed by atoms with Crippen LogP contribution < -0.4 is 14.8 Å². The van der Waals surface area contributed by atoms with E-state index in [1.807, 2.05) is 13.8 Å². The first kappa shape index (κ1) is 22.5. The van der Waals surface area contributed by atoms with Gasteiger partial charge in [-0.25, -0.2) is 13.6 Å². The quantitative estimate of drug-likeness (QED) is 0.627. The summed E-state index contributed by atoms with van der Waals surface area (Å²) in [7, 11) is 0. The lowest BCUT2D eigenvalue weighted by Gasteiger charge is -2.18. The number of hydrogen-bond donors (Lipinski definition) is 0. The monoisotopic (exact) mass is 424 g/mol. The number of hydrogen-bond acceptors (Lipinski definition) is 5. The van der Waals surface area contributed by atoms with Gasteiger partial charge in [0.2, 0.25) is 5.91 Å². The van der Waals surface area contributed by atoms with Gasteiger partial charge in [0.1, 0.15) is 22.8 Å². The molecule has 0 radical (unpaired) electrons. The molecule has 0 aliphatic heterocycles. The summed E-state index contributed by atoms with van der Waals surface area (Å²) in [6.07, 6.45) is 2.32. The van der Waals surface area contributed by atoms with Crippen LogP contribution in [0.15, 0.2) is 23.0 Å². The van der Waals surface area contributed by atoms with Gasteiger partial charge >= 0.3 is 5.97 Å². The van der Waals surface area contributed by atoms with Crippen molar-refractivity contribution in [3.05, 3.63) is 54.9 Å². The summed E-state index contributed by atoms with van der Waals surface area (Å²) in [4.78, 5) is 38.7. The third kappa shape index (κ3) is 5.60. The summed E-state index contributed by atoms with van der Waals surface area (Å²) in [5.41, 5.74) is -0.678. The predicted molar refractivity (Wildman–Crippen MR) is 107 cm³/mol. The Kier molecular flexibility index (Phi) is 7.83. The van der Waals surface area contributed by atoms with Crippen molar-refractivity contribution in [2.24, 2.45) is 0 Å². The molecule has 1 aromatic carbocycles. The van der Waals surface area contributed by atoms with Gasteiger partial charge in [-0.05, 0) is 45.0 Å². The van der Waals surface area contributed by atoms with Crippen molar-refractivity contribution in [3.63, 3.8) is 0 Å². The zero-order valence-electron chi connectivity index (χ0n) is 16.4. The zero-order valence-corrected chi connectivity index (χ0v) is 17.2. The van der Waals surface area contributed by atoms with Crippen molar-refractivity contribution in [3.8, 4) is 0 Å². The van der Waals surface area contributed by atoms with Gasteiger partial charge in [-0.3, -0.25) is 14.2 Å². The largest absolute Gasteiger partial charge is 0.463 e. The number of rotatable bonds is 7. The topological polar surface area (TPSA) is 68.6 Å². The van der Waals surface area contributed by atoms with Crippen molar-refractivity contribution in [2.75, 3.05) is 19.7 Å². The molecule has 1 aromatic heterocycles. The molecule has 2 rings (SSSR count). The number of amides is 1. The van der Waals surface area contributed by atoms with E-state index in [9.17, 15) is 23.2 Å². The molecule has 0 bridgehead atoms. The van der Waals surface area contributed by atoms with Crippen molar-refractivity contribution in [1.82, 2.24) is 9.47 Å². The molecule has 1 amide bonds. The predicted octanol–water partition coefficient (Wildman–Crippen LogP) is 1.23. The molecular weight excluding hydrogens is 402 g/mol. The summed E-state index contributed by atoms with van der Waals surface area (Å²) >= 11 is 0.897. The normalized spacial score (nSPS) is 12.3. The summed E-state index contributed by atoms with van der Waals surface area (Å²) < 4.78 is 33.7. The Morgan fingerprint density at radius 2 is 1.90 bits per heavy atom. The maximum atomic E-state index is 14.0. The lowest BCUT2D eigenvalue weighted by atomic mass is 10.2. The minimum Gasteiger partial charge on any atom is -0.463 e. The second-order valence-electron chi connectivity index (χ2n) is 5.97. The maximum absolute atomic E-state index is 14.0. The summed E-state index contributed by atoms with van der Waals surface area (Å²) in [6.45, 7) is 6.09. The third-order valence-corrected chi connectivity index (χ3v) is 5.18. The molecular formula is C20H22F2N2O4S. The van der Waals surface area contributed by atoms with Gasteiger partial charge in [-0.2, -0.15) is 0 Å². The van der Waals surface area contributed by atoms with E-state index in [0.717, 1.165) is 40.2 Å². The van der Waals surface area contributed by atoms with Gasteiger partial charge < -0.3 is 9.64 Å². The molecule has 9 heteroatoms. The molecule has 0 fully saturated rings. The first-order valence-electron chi connectivity index (χ1n) is 9.13. The Morgan fingerprint density at radius 1 is 1.21 bits per heavy atom. The van der Waals surface area contributed by atoms with Crippen LogP contribution in [0.1, 0.15) is 26.3 Å². The molecule has 1 heterocycles. The lowest BCUT2D eigenvalue weighted by Crippen LogP contribution is -2.40. The second kappa shape index (κ2) is 10.1. The lowest BCUT2D eigenvalue weighted by molar-refractivity contribution is -0.135. The number of likely N-dealkylation sites (N-methyl/N-ethyl adjacent to an activating group) is 1. The Balaban J connectivity index is 2.63. The van der Waals surface area contributed by atoms with Crippen LogP contribution in [0.25, 0.3) is 12.2 Å². The Morgan fingerprint density at radius 3 is 2.52 bits per heavy atom. The van der Waals surface area contributed by atoms with E-state index in [4.69, 9.17) is 4.74 Å². The van der Waals surface area contributed by atoms with E-state index < -0.39 is 23.2 Å². The average molecular weight is 424 g/mol. The summed E-state index contributed by atoms with van der Waals surface area (Å²) in [5, 5.41) is 0. The highest BCUT2D eigenvalue weighted by molar-refractivity contribution is 7.07. The molecule has 0 aliphatic carbocycles. The Labute approximate surface area is 170 Å². The van der Waals surface area contributed by atoms with Crippen molar-refractivity contribution in [2.45, 2.75) is 27.3 Å². The molecule has 29 heavy (non-hydrogen) atoms. The Hall–Kier alpha value is -2.81. The fraction of sp³-hybridized carbons (Fsp3) is 0.350. The van der Waals surface area contributed by atoms with Crippen LogP contribution in [0.3, 0.4) is 0 Å². The van der Waals surface area contributed by atoms with Crippen LogP contribution in [0.4, 0.5) is 8.78 Å². The van der Waals surface area contributed by atoms with Crippen molar-refractivity contribution in [1.29, 1.82) is 0 Å². The highest BCUT2D eigenvalue weighted by atomic mass is 32.1. The highest BCUT2D eigenvalue weighted by Gasteiger charge is 2.15. The number of nitrogens with zero attached hydrogens (tertiary/aromatic N) is 2. The van der Waals surface area contributed by atoms with E-state index in [2.05, 4.69) is 0 Å². The number of ether oxygens (including phenoxy) is 1. The molecule has 2 aromatic rings. The molecule has 156 valence electrons. The van der Waals surface area contributed by atoms with Gasteiger partial charge in [0.15, 0.2) is 0 Å². The molecule has 0 aliphatic rings. The van der Waals surface area contributed by atoms with E-state index in [1.54, 1.807) is 11.8 Å². The molecule has 0 saturated carbocycles. The third-order valence-electron chi connectivity index (χ3n) is 4.12. The van der Waals surface area contributed by atoms with E-state index in [-0.39, 0.29) is 33.8 Å². The number of thiazole rings is 1. The SMILES string of the molecule is CCOC(=O)/C=c1\s/c(=C\c2cc(F)ccc2F)c(=O)n1CC(=O)N(CC)CC. The maximum Gasteiger partial charge on any atom is 0.333 e. The van der Waals surface area contributed by atoms with Crippen LogP contribution in [-0.4, -0.2) is 41.0 Å². The number of esters is 1. The summed E-state index contributed by atoms with van der Waals surface area (Å²) in [5.74, 6) is -2.30. The zero-order chi connectivity index (χ0) is 21.6. The molecule has 0 saturated heterocycles. The number of carbonyl (C=O) groups is 2. The number of aromatic nitrogens is 1. The van der Waals surface area contributed by atoms with Crippen LogP contribution >= 0.6 is 11.3 Å². The number of benzene rings is 1. The van der Waals surface area contributed by atoms with Crippen molar-refractivity contribution < 1.29 is 23.1 Å². The first-order valence-corrected chi connectivity index (χ1v) is 9.94. The van der Waals surface area contributed by atoms with Crippen molar-refractivity contribution >= 4 is 35.4 Å². The Bertz CT molecular complexity index is 1070. The van der Waals surface area contributed by atoms with Crippen LogP contribution in [0.5, 0.6) is 0 Å². The van der Waals surface area contributed by atoms with Crippen LogP contribution in [-0.2, 0) is 20.9 Å². The summed E-state index contributed by atoms with van der Waals surface area (Å²) in [6, 6.07) is 2.90. The van der Waals surface area contributed by atoms with E-state index in [1.165, 1.54) is 6.08 Å². The van der Waals surface area contributed by atoms with E-state index in [0.29, 0.717) is 13.1 Å². The fourth-order valence-corrected chi connectivity index (χ4v) is 3.68. The van der Waals surface area contributed by atoms with Crippen LogP contribution in [0, 0.1) is 11.6 Å². The van der Waals surface area contributed by atoms with Gasteiger partial charge in [0, 0.05) is 18.7 Å². The number of halogens is 2. The molecule has 6 nitrogen and oxygen atoms in total. The van der Waals surface area contributed by atoms with Gasteiger partial charge in [0.25, 0.3) is 5.56 Å². The molecule has 0 spiro atoms. The van der Waals surface area contributed by atoms with Gasteiger partial charge in [0.05, 0.1) is 17.2 Å². The minimum absolute atomic E-state index is 0.0670. The smallest absolute Gasteiger partial charge is 0.333 e. The number of carbonyl (C=O) groups excluding carboxylic acids is 2.